The van der Waals surface area contributed by atoms with Gasteiger partial charge in [-0.05, 0) is 17.0 Å². The second-order valence-corrected chi connectivity index (χ2v) is 4.75. The molecule has 0 aromatic heterocycles. The summed E-state index contributed by atoms with van der Waals surface area (Å²) in [5.41, 5.74) is 2.82. The van der Waals surface area contributed by atoms with Crippen LogP contribution >= 0.6 is 0 Å². The SMILES string of the molecule is CC(C)C(O)CN1Cc2ccccc2C1. The molecule has 0 spiro atoms. The quantitative estimate of drug-likeness (QED) is 0.816. The summed E-state index contributed by atoms with van der Waals surface area (Å²) < 4.78 is 0. The highest BCUT2D eigenvalue weighted by molar-refractivity contribution is 5.30. The van der Waals surface area contributed by atoms with E-state index in [-0.39, 0.29) is 6.10 Å². The molecule has 1 aromatic rings. The fraction of sp³-hybridized carbons (Fsp3) is 0.538. The first-order valence-electron chi connectivity index (χ1n) is 5.64. The molecule has 1 aliphatic heterocycles. The molecule has 1 aromatic carbocycles. The minimum atomic E-state index is -0.209. The van der Waals surface area contributed by atoms with Crippen molar-refractivity contribution in [2.45, 2.75) is 33.0 Å². The van der Waals surface area contributed by atoms with E-state index in [1.807, 2.05) is 0 Å². The van der Waals surface area contributed by atoms with E-state index in [0.29, 0.717) is 5.92 Å². The molecule has 15 heavy (non-hydrogen) atoms. The minimum Gasteiger partial charge on any atom is -0.392 e. The first-order valence-corrected chi connectivity index (χ1v) is 5.64. The molecule has 0 aliphatic carbocycles. The topological polar surface area (TPSA) is 23.5 Å². The van der Waals surface area contributed by atoms with Gasteiger partial charge in [-0.25, -0.2) is 0 Å². The van der Waals surface area contributed by atoms with Crippen LogP contribution in [0.2, 0.25) is 0 Å². The van der Waals surface area contributed by atoms with E-state index in [4.69, 9.17) is 0 Å². The summed E-state index contributed by atoms with van der Waals surface area (Å²) in [5.74, 6) is 0.341. The zero-order valence-corrected chi connectivity index (χ0v) is 9.48. The maximum Gasteiger partial charge on any atom is 0.0690 e. The van der Waals surface area contributed by atoms with Crippen molar-refractivity contribution in [2.75, 3.05) is 6.54 Å². The lowest BCUT2D eigenvalue weighted by Crippen LogP contribution is -2.31. The molecule has 1 aliphatic rings. The Hall–Kier alpha value is -0.860. The molecule has 0 saturated carbocycles. The molecule has 1 N–H and O–H groups in total. The van der Waals surface area contributed by atoms with Gasteiger partial charge >= 0.3 is 0 Å². The van der Waals surface area contributed by atoms with Crippen molar-refractivity contribution < 1.29 is 5.11 Å². The van der Waals surface area contributed by atoms with Gasteiger partial charge in [0, 0.05) is 19.6 Å². The van der Waals surface area contributed by atoms with E-state index in [1.165, 1.54) is 11.1 Å². The molecule has 0 fully saturated rings. The number of rotatable bonds is 3. The second-order valence-electron chi connectivity index (χ2n) is 4.75. The molecule has 2 heteroatoms. The normalized spacial score (nSPS) is 18.1. The van der Waals surface area contributed by atoms with Crippen molar-refractivity contribution in [3.63, 3.8) is 0 Å². The van der Waals surface area contributed by atoms with Gasteiger partial charge in [-0.2, -0.15) is 0 Å². The maximum absolute atomic E-state index is 9.82. The van der Waals surface area contributed by atoms with Crippen molar-refractivity contribution in [2.24, 2.45) is 5.92 Å². The Labute approximate surface area is 91.5 Å². The Balaban J connectivity index is 1.96. The molecule has 0 saturated heterocycles. The van der Waals surface area contributed by atoms with Crippen molar-refractivity contribution in [3.05, 3.63) is 35.4 Å². The van der Waals surface area contributed by atoms with Gasteiger partial charge < -0.3 is 5.11 Å². The monoisotopic (exact) mass is 205 g/mol. The van der Waals surface area contributed by atoms with Gasteiger partial charge in [-0.15, -0.1) is 0 Å². The first-order chi connectivity index (χ1) is 7.16. The summed E-state index contributed by atoms with van der Waals surface area (Å²) in [4.78, 5) is 2.31. The number of fused-ring (bicyclic) bond motifs is 1. The third-order valence-corrected chi connectivity index (χ3v) is 3.12. The van der Waals surface area contributed by atoms with E-state index < -0.39 is 0 Å². The molecule has 0 radical (unpaired) electrons. The summed E-state index contributed by atoms with van der Waals surface area (Å²) >= 11 is 0. The fourth-order valence-electron chi connectivity index (χ4n) is 2.01. The Kier molecular flexibility index (Phi) is 3.08. The molecule has 2 rings (SSSR count). The lowest BCUT2D eigenvalue weighted by Gasteiger charge is -2.21. The Morgan fingerprint density at radius 1 is 1.20 bits per heavy atom. The molecule has 0 amide bonds. The zero-order valence-electron chi connectivity index (χ0n) is 9.48. The van der Waals surface area contributed by atoms with Crippen LogP contribution < -0.4 is 0 Å². The van der Waals surface area contributed by atoms with Gasteiger partial charge in [-0.3, -0.25) is 4.90 Å². The number of β-amino-alcohol motifs (C(OH)–C–C–N with tert-alkyl or cyclic N) is 1. The first kappa shape index (κ1) is 10.7. The third kappa shape index (κ3) is 2.39. The van der Waals surface area contributed by atoms with Crippen LogP contribution in [0.3, 0.4) is 0 Å². The van der Waals surface area contributed by atoms with Gasteiger partial charge in [0.25, 0.3) is 0 Å². The summed E-state index contributed by atoms with van der Waals surface area (Å²) in [5, 5.41) is 9.82. The zero-order chi connectivity index (χ0) is 10.8. The molecule has 2 nitrogen and oxygen atoms in total. The van der Waals surface area contributed by atoms with Gasteiger partial charge in [0.05, 0.1) is 6.10 Å². The van der Waals surface area contributed by atoms with Crippen molar-refractivity contribution in [1.82, 2.24) is 4.90 Å². The lowest BCUT2D eigenvalue weighted by atomic mass is 10.1. The van der Waals surface area contributed by atoms with Crippen LogP contribution in [0.5, 0.6) is 0 Å². The lowest BCUT2D eigenvalue weighted by molar-refractivity contribution is 0.0753. The van der Waals surface area contributed by atoms with Crippen LogP contribution in [-0.2, 0) is 13.1 Å². The highest BCUT2D eigenvalue weighted by atomic mass is 16.3. The largest absolute Gasteiger partial charge is 0.392 e. The molecular weight excluding hydrogens is 186 g/mol. The number of hydrogen-bond acceptors (Lipinski definition) is 2. The standard InChI is InChI=1S/C13H19NO/c1-10(2)13(15)9-14-7-11-5-3-4-6-12(11)8-14/h3-6,10,13,15H,7-9H2,1-2H3. The second kappa shape index (κ2) is 4.33. The predicted octanol–water partition coefficient (Wildman–Crippen LogP) is 2.02. The number of hydrogen-bond donors (Lipinski definition) is 1. The van der Waals surface area contributed by atoms with E-state index in [1.54, 1.807) is 0 Å². The van der Waals surface area contributed by atoms with Crippen LogP contribution in [0.25, 0.3) is 0 Å². The van der Waals surface area contributed by atoms with E-state index in [9.17, 15) is 5.11 Å². The molecule has 1 heterocycles. The smallest absolute Gasteiger partial charge is 0.0690 e. The van der Waals surface area contributed by atoms with Crippen molar-refractivity contribution >= 4 is 0 Å². The maximum atomic E-state index is 9.82. The van der Waals surface area contributed by atoms with E-state index in [2.05, 4.69) is 43.0 Å². The van der Waals surface area contributed by atoms with Gasteiger partial charge in [0.2, 0.25) is 0 Å². The van der Waals surface area contributed by atoms with Crippen LogP contribution in [-0.4, -0.2) is 22.7 Å². The van der Waals surface area contributed by atoms with Gasteiger partial charge in [-0.1, -0.05) is 38.1 Å². The van der Waals surface area contributed by atoms with Crippen LogP contribution in [0.4, 0.5) is 0 Å². The number of nitrogens with zero attached hydrogens (tertiary/aromatic N) is 1. The van der Waals surface area contributed by atoms with Gasteiger partial charge in [0.1, 0.15) is 0 Å². The van der Waals surface area contributed by atoms with E-state index in [0.717, 1.165) is 19.6 Å². The van der Waals surface area contributed by atoms with Crippen molar-refractivity contribution in [3.8, 4) is 0 Å². The van der Waals surface area contributed by atoms with Crippen LogP contribution in [0.15, 0.2) is 24.3 Å². The average Bonchev–Trinajstić information content (AvgIpc) is 2.59. The summed E-state index contributed by atoms with van der Waals surface area (Å²) in [6.07, 6.45) is -0.209. The Morgan fingerprint density at radius 2 is 1.73 bits per heavy atom. The van der Waals surface area contributed by atoms with E-state index >= 15 is 0 Å². The fourth-order valence-corrected chi connectivity index (χ4v) is 2.01. The molecule has 0 bridgehead atoms. The Morgan fingerprint density at radius 3 is 2.20 bits per heavy atom. The molecule has 1 atom stereocenters. The molecular formula is C13H19NO. The Bertz CT molecular complexity index is 310. The highest BCUT2D eigenvalue weighted by Gasteiger charge is 2.21. The summed E-state index contributed by atoms with van der Waals surface area (Å²) in [6.45, 7) is 6.88. The molecule has 1 unspecified atom stereocenters. The van der Waals surface area contributed by atoms with Gasteiger partial charge in [0.15, 0.2) is 0 Å². The summed E-state index contributed by atoms with van der Waals surface area (Å²) in [6, 6.07) is 8.52. The van der Waals surface area contributed by atoms with Crippen LogP contribution in [0.1, 0.15) is 25.0 Å². The highest BCUT2D eigenvalue weighted by Crippen LogP contribution is 2.22. The predicted molar refractivity (Wildman–Crippen MR) is 61.4 cm³/mol. The number of aliphatic hydroxyl groups is 1. The number of benzene rings is 1. The average molecular weight is 205 g/mol. The molecule has 82 valence electrons. The third-order valence-electron chi connectivity index (χ3n) is 3.12. The summed E-state index contributed by atoms with van der Waals surface area (Å²) in [7, 11) is 0. The van der Waals surface area contributed by atoms with Crippen molar-refractivity contribution in [1.29, 1.82) is 0 Å². The minimum absolute atomic E-state index is 0.209. The number of aliphatic hydroxyl groups excluding tert-OH is 1. The van der Waals surface area contributed by atoms with Crippen LogP contribution in [0, 0.1) is 5.92 Å².